The lowest BCUT2D eigenvalue weighted by atomic mass is 9.83. The van der Waals surface area contributed by atoms with Crippen molar-refractivity contribution in [1.82, 2.24) is 20.0 Å². The molecular formula is C23H30N4O6. The van der Waals surface area contributed by atoms with Gasteiger partial charge in [-0.15, -0.1) is 0 Å². The lowest BCUT2D eigenvalue weighted by Crippen LogP contribution is -2.79. The number of fused-ring (bicyclic) bond motifs is 2. The van der Waals surface area contributed by atoms with Crippen molar-refractivity contribution in [1.29, 1.82) is 0 Å². The fourth-order valence-electron chi connectivity index (χ4n) is 5.27. The summed E-state index contributed by atoms with van der Waals surface area (Å²) >= 11 is 0. The van der Waals surface area contributed by atoms with Gasteiger partial charge in [0.05, 0.1) is 24.3 Å². The van der Waals surface area contributed by atoms with Gasteiger partial charge in [0.15, 0.2) is 0 Å². The Morgan fingerprint density at radius 3 is 2.52 bits per heavy atom. The third-order valence-corrected chi connectivity index (χ3v) is 6.77. The number of esters is 1. The molecule has 3 aliphatic rings. The molecule has 0 saturated carbocycles. The van der Waals surface area contributed by atoms with Crippen LogP contribution in [0.5, 0.6) is 0 Å². The van der Waals surface area contributed by atoms with Gasteiger partial charge in [0.1, 0.15) is 0 Å². The first-order valence-corrected chi connectivity index (χ1v) is 11.2. The summed E-state index contributed by atoms with van der Waals surface area (Å²) in [5.41, 5.74) is 0.319. The van der Waals surface area contributed by atoms with Crippen LogP contribution in [0, 0.1) is 0 Å². The van der Waals surface area contributed by atoms with Crippen molar-refractivity contribution in [2.24, 2.45) is 0 Å². The molecular weight excluding hydrogens is 428 g/mol. The van der Waals surface area contributed by atoms with Gasteiger partial charge >= 0.3 is 5.97 Å². The van der Waals surface area contributed by atoms with Crippen LogP contribution in [0.2, 0.25) is 0 Å². The quantitative estimate of drug-likeness (QED) is 0.570. The maximum absolute atomic E-state index is 13.1. The van der Waals surface area contributed by atoms with Gasteiger partial charge in [0.25, 0.3) is 5.91 Å². The second-order valence-electron chi connectivity index (χ2n) is 9.16. The fraction of sp³-hybridized carbons (Fsp3) is 0.565. The molecule has 4 rings (SSSR count). The molecule has 1 aromatic carbocycles. The number of amides is 3. The number of rotatable bonds is 5. The van der Waals surface area contributed by atoms with Crippen molar-refractivity contribution in [3.8, 4) is 0 Å². The van der Waals surface area contributed by atoms with Crippen LogP contribution in [0.25, 0.3) is 0 Å². The summed E-state index contributed by atoms with van der Waals surface area (Å²) in [7, 11) is 1.29. The molecule has 178 valence electrons. The van der Waals surface area contributed by atoms with Crippen molar-refractivity contribution >= 4 is 23.7 Å². The molecule has 1 spiro atoms. The zero-order valence-electron chi connectivity index (χ0n) is 19.0. The van der Waals surface area contributed by atoms with E-state index in [1.165, 1.54) is 20.1 Å². The van der Waals surface area contributed by atoms with Gasteiger partial charge in [-0.3, -0.25) is 19.3 Å². The van der Waals surface area contributed by atoms with E-state index < -0.39 is 17.6 Å². The number of hydrogen-bond donors (Lipinski definition) is 2. The Labute approximate surface area is 192 Å². The zero-order chi connectivity index (χ0) is 23.8. The van der Waals surface area contributed by atoms with E-state index in [1.54, 1.807) is 28.0 Å². The van der Waals surface area contributed by atoms with Crippen molar-refractivity contribution in [3.63, 3.8) is 0 Å². The van der Waals surface area contributed by atoms with E-state index in [1.807, 2.05) is 0 Å². The van der Waals surface area contributed by atoms with Crippen LogP contribution in [0.1, 0.15) is 40.5 Å². The molecule has 3 fully saturated rings. The first-order valence-electron chi connectivity index (χ1n) is 11.2. The molecule has 1 aromatic rings. The number of β-amino-alcohol motifs (C(OH)–C–C–N with tert-alkyl or cyclic N) is 1. The maximum Gasteiger partial charge on any atom is 0.337 e. The maximum atomic E-state index is 13.1. The summed E-state index contributed by atoms with van der Waals surface area (Å²) in [6.07, 6.45) is 0.350. The Bertz CT molecular complexity index is 960. The number of carbonyl (C=O) groups excluding carboxylic acids is 4. The molecule has 2 N–H and O–H groups in total. The number of aliphatic hydroxyl groups is 1. The number of aliphatic hydroxyl groups excluding tert-OH is 1. The van der Waals surface area contributed by atoms with E-state index in [-0.39, 0.29) is 36.7 Å². The topological polar surface area (TPSA) is 119 Å². The van der Waals surface area contributed by atoms with Crippen LogP contribution in [0.3, 0.4) is 0 Å². The second-order valence-corrected chi connectivity index (χ2v) is 9.16. The van der Waals surface area contributed by atoms with Gasteiger partial charge in [0.2, 0.25) is 11.8 Å². The highest BCUT2D eigenvalue weighted by Gasteiger charge is 2.57. The standard InChI is InChI=1S/C23H30N4O6/c1-15(28)24-7-6-20(30)25-10-18-9-19(29)11-27(18)23(12-25)13-26(14-23)21(31)16-4-3-5-17(8-16)22(32)33-2/h3-5,8,18-19,29H,6-7,9-14H2,1-2H3,(H,24,28)/t18-,19+/m0/s1. The molecule has 3 amide bonds. The van der Waals surface area contributed by atoms with Crippen LogP contribution in [0.4, 0.5) is 0 Å². The lowest BCUT2D eigenvalue weighted by molar-refractivity contribution is -0.146. The number of ether oxygens (including phenoxy) is 1. The van der Waals surface area contributed by atoms with E-state index in [0.717, 1.165) is 0 Å². The Kier molecular flexibility index (Phi) is 6.40. The first-order chi connectivity index (χ1) is 15.7. The first kappa shape index (κ1) is 23.2. The minimum Gasteiger partial charge on any atom is -0.465 e. The van der Waals surface area contributed by atoms with Gasteiger partial charge in [0, 0.05) is 64.2 Å². The van der Waals surface area contributed by atoms with Crippen LogP contribution in [-0.4, -0.2) is 108 Å². The van der Waals surface area contributed by atoms with Gasteiger partial charge in [-0.25, -0.2) is 4.79 Å². The van der Waals surface area contributed by atoms with Gasteiger partial charge < -0.3 is 25.0 Å². The monoisotopic (exact) mass is 458 g/mol. The molecule has 3 saturated heterocycles. The molecule has 0 aliphatic carbocycles. The molecule has 10 nitrogen and oxygen atoms in total. The van der Waals surface area contributed by atoms with E-state index in [2.05, 4.69) is 10.2 Å². The number of likely N-dealkylation sites (tertiary alicyclic amines) is 1. The second kappa shape index (κ2) is 9.11. The van der Waals surface area contributed by atoms with Crippen molar-refractivity contribution in [2.75, 3.05) is 46.4 Å². The van der Waals surface area contributed by atoms with Gasteiger partial charge in [-0.1, -0.05) is 6.07 Å². The van der Waals surface area contributed by atoms with Crippen LogP contribution in [0.15, 0.2) is 24.3 Å². The third kappa shape index (κ3) is 4.58. The Hall–Kier alpha value is -2.98. The third-order valence-electron chi connectivity index (χ3n) is 6.77. The Morgan fingerprint density at radius 2 is 1.82 bits per heavy atom. The van der Waals surface area contributed by atoms with Crippen LogP contribution >= 0.6 is 0 Å². The van der Waals surface area contributed by atoms with Gasteiger partial charge in [-0.05, 0) is 24.6 Å². The van der Waals surface area contributed by atoms with Gasteiger partial charge in [-0.2, -0.15) is 0 Å². The average Bonchev–Trinajstić information content (AvgIpc) is 3.16. The Morgan fingerprint density at radius 1 is 1.12 bits per heavy atom. The molecule has 3 heterocycles. The lowest BCUT2D eigenvalue weighted by Gasteiger charge is -2.60. The molecule has 0 aromatic heterocycles. The number of piperazine rings is 1. The predicted octanol–water partition coefficient (Wildman–Crippen LogP) is -0.529. The van der Waals surface area contributed by atoms with Crippen LogP contribution in [-0.2, 0) is 14.3 Å². The van der Waals surface area contributed by atoms with E-state index >= 15 is 0 Å². The summed E-state index contributed by atoms with van der Waals surface area (Å²) in [5.74, 6) is -0.900. The van der Waals surface area contributed by atoms with E-state index in [0.29, 0.717) is 50.3 Å². The number of nitrogens with one attached hydrogen (secondary N) is 1. The molecule has 0 radical (unpaired) electrons. The van der Waals surface area contributed by atoms with E-state index in [9.17, 15) is 24.3 Å². The molecule has 2 atom stereocenters. The van der Waals surface area contributed by atoms with Crippen molar-refractivity contribution < 1.29 is 29.0 Å². The number of carbonyl (C=O) groups is 4. The summed E-state index contributed by atoms with van der Waals surface area (Å²) in [5, 5.41) is 12.9. The molecule has 10 heteroatoms. The smallest absolute Gasteiger partial charge is 0.337 e. The summed E-state index contributed by atoms with van der Waals surface area (Å²) < 4.78 is 4.74. The fourth-order valence-corrected chi connectivity index (χ4v) is 5.27. The molecule has 3 aliphatic heterocycles. The minimum atomic E-state index is -0.501. The number of nitrogens with zero attached hydrogens (tertiary/aromatic N) is 3. The Balaban J connectivity index is 1.46. The highest BCUT2D eigenvalue weighted by Crippen LogP contribution is 2.39. The molecule has 0 bridgehead atoms. The predicted molar refractivity (Wildman–Crippen MR) is 117 cm³/mol. The van der Waals surface area contributed by atoms with E-state index in [4.69, 9.17) is 4.74 Å². The summed E-state index contributed by atoms with van der Waals surface area (Å²) in [6, 6.07) is 6.49. The average molecular weight is 459 g/mol. The molecule has 0 unspecified atom stereocenters. The van der Waals surface area contributed by atoms with Crippen molar-refractivity contribution in [3.05, 3.63) is 35.4 Å². The largest absolute Gasteiger partial charge is 0.465 e. The minimum absolute atomic E-state index is 0.0402. The highest BCUT2D eigenvalue weighted by molar-refractivity contribution is 5.98. The number of methoxy groups -OCH3 is 1. The SMILES string of the molecule is COC(=O)c1cccc(C(=O)N2CC3(CN(C(=O)CCNC(C)=O)C[C@@H]4C[C@@H](O)CN43)C2)c1. The summed E-state index contributed by atoms with van der Waals surface area (Å²) in [6.45, 7) is 4.11. The number of benzene rings is 1. The van der Waals surface area contributed by atoms with Crippen LogP contribution < -0.4 is 5.32 Å². The molecule has 33 heavy (non-hydrogen) atoms. The summed E-state index contributed by atoms with van der Waals surface area (Å²) in [4.78, 5) is 54.6. The normalized spacial score (nSPS) is 23.6. The zero-order valence-corrected chi connectivity index (χ0v) is 19.0. The highest BCUT2D eigenvalue weighted by atomic mass is 16.5. The number of hydrogen-bond acceptors (Lipinski definition) is 7. The van der Waals surface area contributed by atoms with Crippen molar-refractivity contribution in [2.45, 2.75) is 37.5 Å².